The molecule has 0 bridgehead atoms. The molecule has 2 aromatic rings. The third-order valence-corrected chi connectivity index (χ3v) is 5.37. The number of nitro groups is 1. The summed E-state index contributed by atoms with van der Waals surface area (Å²) in [5, 5.41) is 19.1. The maximum Gasteiger partial charge on any atom is 0.341 e. The molecular formula is C19H13BrN2O7S. The van der Waals surface area contributed by atoms with Crippen LogP contribution in [-0.4, -0.2) is 38.7 Å². The number of carbonyl (C=O) groups excluding carboxylic acids is 2. The number of non-ortho nitro benzene ring substituents is 1. The second-order valence-corrected chi connectivity index (χ2v) is 7.96. The van der Waals surface area contributed by atoms with Gasteiger partial charge in [-0.05, 0) is 41.6 Å². The number of halogens is 1. The van der Waals surface area contributed by atoms with Gasteiger partial charge < -0.3 is 9.84 Å². The van der Waals surface area contributed by atoms with Crippen LogP contribution in [0.3, 0.4) is 0 Å². The van der Waals surface area contributed by atoms with E-state index in [2.05, 4.69) is 15.9 Å². The Bertz CT molecular complexity index is 1070. The van der Waals surface area contributed by atoms with Crippen molar-refractivity contribution in [2.75, 3.05) is 6.61 Å². The van der Waals surface area contributed by atoms with Gasteiger partial charge in [0.1, 0.15) is 5.75 Å². The number of nitrogens with zero attached hydrogens (tertiary/aromatic N) is 2. The van der Waals surface area contributed by atoms with Crippen LogP contribution >= 0.6 is 27.7 Å². The van der Waals surface area contributed by atoms with E-state index in [4.69, 9.17) is 9.84 Å². The summed E-state index contributed by atoms with van der Waals surface area (Å²) in [6, 6.07) is 10.4. The topological polar surface area (TPSA) is 127 Å². The highest BCUT2D eigenvalue weighted by molar-refractivity contribution is 9.10. The monoisotopic (exact) mass is 492 g/mol. The Morgan fingerprint density at radius 3 is 2.57 bits per heavy atom. The molecular weight excluding hydrogens is 480 g/mol. The van der Waals surface area contributed by atoms with Crippen molar-refractivity contribution in [2.24, 2.45) is 0 Å². The fourth-order valence-corrected chi connectivity index (χ4v) is 3.79. The number of amides is 2. The Morgan fingerprint density at radius 1 is 1.23 bits per heavy atom. The van der Waals surface area contributed by atoms with Gasteiger partial charge >= 0.3 is 5.97 Å². The average Bonchev–Trinajstić information content (AvgIpc) is 2.95. The number of benzene rings is 2. The van der Waals surface area contributed by atoms with Crippen molar-refractivity contribution in [1.82, 2.24) is 4.90 Å². The number of thioether (sulfide) groups is 1. The van der Waals surface area contributed by atoms with E-state index >= 15 is 0 Å². The number of imide groups is 1. The molecule has 154 valence electrons. The van der Waals surface area contributed by atoms with Crippen molar-refractivity contribution in [3.05, 3.63) is 73.1 Å². The summed E-state index contributed by atoms with van der Waals surface area (Å²) in [5.74, 6) is -1.41. The highest BCUT2D eigenvalue weighted by Crippen LogP contribution is 2.35. The smallest absolute Gasteiger partial charge is 0.341 e. The van der Waals surface area contributed by atoms with Crippen LogP contribution < -0.4 is 4.74 Å². The maximum absolute atomic E-state index is 12.7. The van der Waals surface area contributed by atoms with Crippen LogP contribution in [0.25, 0.3) is 6.08 Å². The lowest BCUT2D eigenvalue weighted by Crippen LogP contribution is -2.27. The van der Waals surface area contributed by atoms with Gasteiger partial charge in [0.05, 0.1) is 16.4 Å². The standard InChI is InChI=1S/C19H13BrN2O7S/c20-13-3-6-15(29-10-17(23)24)12(7-13)8-16-18(25)21(19(26)30-16)9-11-1-4-14(5-2-11)22(27)28/h1-8H,9-10H2,(H,23,24)/b16-8-. The molecule has 2 amide bonds. The Labute approximate surface area is 182 Å². The molecule has 1 heterocycles. The second kappa shape index (κ2) is 9.09. The molecule has 1 aliphatic heterocycles. The number of nitro benzene ring substituents is 1. The fraction of sp³-hybridized carbons (Fsp3) is 0.105. The summed E-state index contributed by atoms with van der Waals surface area (Å²) in [7, 11) is 0. The van der Waals surface area contributed by atoms with E-state index in [1.807, 2.05) is 0 Å². The SMILES string of the molecule is O=C(O)COc1ccc(Br)cc1/C=C1\SC(=O)N(Cc2ccc([N+](=O)[O-])cc2)C1=O. The van der Waals surface area contributed by atoms with Gasteiger partial charge in [-0.15, -0.1) is 0 Å². The van der Waals surface area contributed by atoms with E-state index in [0.717, 1.165) is 16.7 Å². The van der Waals surface area contributed by atoms with Crippen LogP contribution in [0.4, 0.5) is 10.5 Å². The first-order valence-corrected chi connectivity index (χ1v) is 9.98. The van der Waals surface area contributed by atoms with E-state index in [0.29, 0.717) is 15.6 Å². The molecule has 1 fully saturated rings. The molecule has 0 saturated carbocycles. The van der Waals surface area contributed by atoms with Crippen LogP contribution in [0.1, 0.15) is 11.1 Å². The summed E-state index contributed by atoms with van der Waals surface area (Å²) in [6.07, 6.45) is 1.46. The predicted octanol–water partition coefficient (Wildman–Crippen LogP) is 4.06. The first-order valence-electron chi connectivity index (χ1n) is 8.37. The van der Waals surface area contributed by atoms with E-state index in [9.17, 15) is 24.5 Å². The minimum absolute atomic E-state index is 0.0269. The van der Waals surface area contributed by atoms with Crippen LogP contribution in [0.15, 0.2) is 51.8 Å². The summed E-state index contributed by atoms with van der Waals surface area (Å²) in [6.45, 7) is -0.578. The zero-order valence-electron chi connectivity index (χ0n) is 15.1. The lowest BCUT2D eigenvalue weighted by Gasteiger charge is -2.12. The third kappa shape index (κ3) is 5.05. The molecule has 3 rings (SSSR count). The normalized spacial score (nSPS) is 15.0. The molecule has 0 atom stereocenters. The maximum atomic E-state index is 12.7. The zero-order chi connectivity index (χ0) is 21.8. The molecule has 11 heteroatoms. The van der Waals surface area contributed by atoms with Crippen molar-refractivity contribution in [3.8, 4) is 5.75 Å². The first kappa shape index (κ1) is 21.5. The van der Waals surface area contributed by atoms with E-state index in [-0.39, 0.29) is 22.9 Å². The molecule has 0 radical (unpaired) electrons. The largest absolute Gasteiger partial charge is 0.481 e. The third-order valence-electron chi connectivity index (χ3n) is 3.97. The molecule has 1 aliphatic rings. The zero-order valence-corrected chi connectivity index (χ0v) is 17.5. The number of hydrogen-bond acceptors (Lipinski definition) is 7. The minimum atomic E-state index is -1.15. The van der Waals surface area contributed by atoms with Crippen molar-refractivity contribution in [3.63, 3.8) is 0 Å². The Hall–Kier alpha value is -3.18. The summed E-state index contributed by atoms with van der Waals surface area (Å²) in [4.78, 5) is 47.2. The Morgan fingerprint density at radius 2 is 1.93 bits per heavy atom. The average molecular weight is 493 g/mol. The Kier molecular flexibility index (Phi) is 6.53. The molecule has 0 unspecified atom stereocenters. The Balaban J connectivity index is 1.82. The highest BCUT2D eigenvalue weighted by atomic mass is 79.9. The van der Waals surface area contributed by atoms with E-state index < -0.39 is 28.6 Å². The van der Waals surface area contributed by atoms with Crippen LogP contribution in [-0.2, 0) is 16.1 Å². The van der Waals surface area contributed by atoms with Gasteiger partial charge in [0, 0.05) is 22.2 Å². The van der Waals surface area contributed by atoms with Gasteiger partial charge in [0.15, 0.2) is 6.61 Å². The molecule has 1 saturated heterocycles. The number of ether oxygens (including phenoxy) is 1. The van der Waals surface area contributed by atoms with Gasteiger partial charge in [-0.2, -0.15) is 0 Å². The number of rotatable bonds is 7. The number of aliphatic carboxylic acids is 1. The summed E-state index contributed by atoms with van der Waals surface area (Å²) < 4.78 is 5.92. The molecule has 30 heavy (non-hydrogen) atoms. The number of carbonyl (C=O) groups is 3. The van der Waals surface area contributed by atoms with Crippen molar-refractivity contribution in [2.45, 2.75) is 6.54 Å². The number of carboxylic acid groups (broad SMARTS) is 1. The summed E-state index contributed by atoms with van der Waals surface area (Å²) >= 11 is 4.05. The van der Waals surface area contributed by atoms with Gasteiger partial charge in [-0.3, -0.25) is 24.6 Å². The first-order chi connectivity index (χ1) is 14.2. The molecule has 0 spiro atoms. The summed E-state index contributed by atoms with van der Waals surface area (Å²) in [5.41, 5.74) is 0.917. The molecule has 0 aromatic heterocycles. The highest BCUT2D eigenvalue weighted by Gasteiger charge is 2.35. The van der Waals surface area contributed by atoms with Crippen molar-refractivity contribution < 1.29 is 29.2 Å². The van der Waals surface area contributed by atoms with Crippen LogP contribution in [0.5, 0.6) is 5.75 Å². The van der Waals surface area contributed by atoms with Crippen LogP contribution in [0.2, 0.25) is 0 Å². The molecule has 9 nitrogen and oxygen atoms in total. The lowest BCUT2D eigenvalue weighted by molar-refractivity contribution is -0.384. The molecule has 2 aromatic carbocycles. The predicted molar refractivity (Wildman–Crippen MR) is 112 cm³/mol. The van der Waals surface area contributed by atoms with Crippen molar-refractivity contribution in [1.29, 1.82) is 0 Å². The molecule has 1 N–H and O–H groups in total. The minimum Gasteiger partial charge on any atom is -0.481 e. The molecule has 0 aliphatic carbocycles. The van der Waals surface area contributed by atoms with Crippen molar-refractivity contribution >= 4 is 56.6 Å². The second-order valence-electron chi connectivity index (χ2n) is 6.06. The van der Waals surface area contributed by atoms with E-state index in [1.54, 1.807) is 18.2 Å². The van der Waals surface area contributed by atoms with Crippen LogP contribution in [0, 0.1) is 10.1 Å². The number of carboxylic acids is 1. The van der Waals surface area contributed by atoms with Gasteiger partial charge in [0.25, 0.3) is 16.8 Å². The fourth-order valence-electron chi connectivity index (χ4n) is 2.59. The van der Waals surface area contributed by atoms with Gasteiger partial charge in [-0.1, -0.05) is 28.1 Å². The lowest BCUT2D eigenvalue weighted by atomic mass is 10.1. The van der Waals surface area contributed by atoms with Gasteiger partial charge in [0.2, 0.25) is 0 Å². The van der Waals surface area contributed by atoms with Gasteiger partial charge in [-0.25, -0.2) is 4.79 Å². The quantitative estimate of drug-likeness (QED) is 0.348. The van der Waals surface area contributed by atoms with E-state index in [1.165, 1.54) is 30.3 Å². The number of hydrogen-bond donors (Lipinski definition) is 1.